The Morgan fingerprint density at radius 3 is 2.74 bits per heavy atom. The molecule has 1 amide bonds. The van der Waals surface area contributed by atoms with Crippen molar-refractivity contribution in [1.82, 2.24) is 9.55 Å². The van der Waals surface area contributed by atoms with E-state index in [1.54, 1.807) is 36.3 Å². The van der Waals surface area contributed by atoms with E-state index in [0.717, 1.165) is 31.0 Å². The summed E-state index contributed by atoms with van der Waals surface area (Å²) in [5.74, 6) is 0.327. The number of carbonyl (C=O) groups is 1. The normalized spacial score (nSPS) is 16.0. The number of rotatable bonds is 5. The summed E-state index contributed by atoms with van der Waals surface area (Å²) >= 11 is 1.73. The third-order valence-corrected chi connectivity index (χ3v) is 6.43. The smallest absolute Gasteiger partial charge is 0.257 e. The molecule has 0 spiro atoms. The SMILES string of the molecule is CSc1cc2cc(C3CCOC3)ccc2n1-c1ccc(NC(=O)c2cccnc2)cc1. The number of nitrogens with zero attached hydrogens (tertiary/aromatic N) is 2. The zero-order valence-electron chi connectivity index (χ0n) is 17.2. The Morgan fingerprint density at radius 2 is 2.03 bits per heavy atom. The van der Waals surface area contributed by atoms with Crippen molar-refractivity contribution in [3.8, 4) is 5.69 Å². The molecule has 1 N–H and O–H groups in total. The van der Waals surface area contributed by atoms with Crippen LogP contribution in [0.2, 0.25) is 0 Å². The lowest BCUT2D eigenvalue weighted by molar-refractivity contribution is 0.102. The number of benzene rings is 2. The van der Waals surface area contributed by atoms with E-state index in [2.05, 4.69) is 45.4 Å². The Morgan fingerprint density at radius 1 is 1.16 bits per heavy atom. The van der Waals surface area contributed by atoms with Crippen LogP contribution in [0.5, 0.6) is 0 Å². The Kier molecular flexibility index (Phi) is 5.49. The van der Waals surface area contributed by atoms with Gasteiger partial charge in [-0.15, -0.1) is 11.8 Å². The van der Waals surface area contributed by atoms with E-state index in [0.29, 0.717) is 11.5 Å². The van der Waals surface area contributed by atoms with Crippen molar-refractivity contribution in [2.75, 3.05) is 24.8 Å². The molecule has 3 heterocycles. The second-order valence-corrected chi connectivity index (χ2v) is 8.47. The molecule has 0 bridgehead atoms. The fourth-order valence-corrected chi connectivity index (χ4v) is 4.70. The van der Waals surface area contributed by atoms with Crippen LogP contribution >= 0.6 is 11.8 Å². The van der Waals surface area contributed by atoms with Crippen LogP contribution in [0, 0.1) is 0 Å². The van der Waals surface area contributed by atoms with E-state index in [1.165, 1.54) is 21.5 Å². The summed E-state index contributed by atoms with van der Waals surface area (Å²) in [4.78, 5) is 16.4. The van der Waals surface area contributed by atoms with E-state index >= 15 is 0 Å². The van der Waals surface area contributed by atoms with E-state index in [-0.39, 0.29) is 5.91 Å². The van der Waals surface area contributed by atoms with Crippen molar-refractivity contribution in [2.24, 2.45) is 0 Å². The molecule has 2 aromatic heterocycles. The molecule has 4 aromatic rings. The third-order valence-electron chi connectivity index (χ3n) is 5.71. The van der Waals surface area contributed by atoms with Gasteiger partial charge in [0.15, 0.2) is 0 Å². The van der Waals surface area contributed by atoms with Crippen LogP contribution in [0.1, 0.15) is 28.3 Å². The molecule has 1 fully saturated rings. The minimum atomic E-state index is -0.166. The van der Waals surface area contributed by atoms with Gasteiger partial charge in [-0.25, -0.2) is 0 Å². The third kappa shape index (κ3) is 3.96. The van der Waals surface area contributed by atoms with E-state index in [9.17, 15) is 4.79 Å². The molecule has 0 saturated carbocycles. The van der Waals surface area contributed by atoms with E-state index in [1.807, 2.05) is 24.3 Å². The predicted molar refractivity (Wildman–Crippen MR) is 125 cm³/mol. The zero-order chi connectivity index (χ0) is 21.2. The van der Waals surface area contributed by atoms with Gasteiger partial charge < -0.3 is 14.6 Å². The molecule has 2 aromatic carbocycles. The van der Waals surface area contributed by atoms with Crippen molar-refractivity contribution >= 4 is 34.3 Å². The minimum Gasteiger partial charge on any atom is -0.381 e. The first kappa shape index (κ1) is 19.8. The average molecular weight is 430 g/mol. The van der Waals surface area contributed by atoms with Crippen LogP contribution in [0.15, 0.2) is 78.1 Å². The standard InChI is InChI=1S/C25H23N3O2S/c1-31-24-14-20-13-17(19-10-12-30-16-19)4-9-23(20)28(24)22-7-5-21(6-8-22)27-25(29)18-3-2-11-26-15-18/h2-9,11,13-15,19H,10,12,16H2,1H3,(H,27,29). The maximum atomic E-state index is 12.4. The van der Waals surface area contributed by atoms with Crippen molar-refractivity contribution in [2.45, 2.75) is 17.4 Å². The monoisotopic (exact) mass is 429 g/mol. The van der Waals surface area contributed by atoms with Crippen LogP contribution in [-0.4, -0.2) is 34.9 Å². The molecule has 5 nitrogen and oxygen atoms in total. The van der Waals surface area contributed by atoms with Gasteiger partial charge in [-0.2, -0.15) is 0 Å². The summed E-state index contributed by atoms with van der Waals surface area (Å²) in [6.07, 6.45) is 6.40. The summed E-state index contributed by atoms with van der Waals surface area (Å²) in [5, 5.41) is 5.35. The molecule has 1 saturated heterocycles. The van der Waals surface area contributed by atoms with Crippen molar-refractivity contribution < 1.29 is 9.53 Å². The van der Waals surface area contributed by atoms with Gasteiger partial charge in [0.25, 0.3) is 5.91 Å². The zero-order valence-corrected chi connectivity index (χ0v) is 18.1. The molecule has 1 aliphatic heterocycles. The summed E-state index contributed by atoms with van der Waals surface area (Å²) in [6, 6.07) is 20.4. The van der Waals surface area contributed by atoms with Crippen LogP contribution < -0.4 is 5.32 Å². The Bertz CT molecular complexity index is 1210. The van der Waals surface area contributed by atoms with Crippen LogP contribution in [-0.2, 0) is 4.74 Å². The first-order valence-electron chi connectivity index (χ1n) is 10.3. The highest BCUT2D eigenvalue weighted by Gasteiger charge is 2.19. The Hall–Kier alpha value is -3.09. The first-order valence-corrected chi connectivity index (χ1v) is 11.5. The van der Waals surface area contributed by atoms with Gasteiger partial charge in [0.05, 0.1) is 22.7 Å². The molecular weight excluding hydrogens is 406 g/mol. The number of aromatic nitrogens is 2. The lowest BCUT2D eigenvalue weighted by Crippen LogP contribution is -2.12. The number of amides is 1. The van der Waals surface area contributed by atoms with Gasteiger partial charge in [-0.1, -0.05) is 6.07 Å². The van der Waals surface area contributed by atoms with Gasteiger partial charge in [0.1, 0.15) is 0 Å². The number of fused-ring (bicyclic) bond motifs is 1. The molecule has 1 unspecified atom stereocenters. The lowest BCUT2D eigenvalue weighted by Gasteiger charge is -2.12. The van der Waals surface area contributed by atoms with Gasteiger partial charge in [-0.3, -0.25) is 9.78 Å². The highest BCUT2D eigenvalue weighted by Crippen LogP contribution is 2.34. The number of carbonyl (C=O) groups excluding carboxylic acids is 1. The molecule has 31 heavy (non-hydrogen) atoms. The predicted octanol–water partition coefficient (Wildman–Crippen LogP) is 5.50. The largest absolute Gasteiger partial charge is 0.381 e. The lowest BCUT2D eigenvalue weighted by atomic mass is 9.97. The molecule has 0 radical (unpaired) electrons. The van der Waals surface area contributed by atoms with Crippen molar-refractivity contribution in [3.63, 3.8) is 0 Å². The van der Waals surface area contributed by atoms with Crippen molar-refractivity contribution in [1.29, 1.82) is 0 Å². The topological polar surface area (TPSA) is 56.1 Å². The average Bonchev–Trinajstić information content (AvgIpc) is 3.48. The first-order chi connectivity index (χ1) is 15.2. The highest BCUT2D eigenvalue weighted by molar-refractivity contribution is 7.98. The van der Waals surface area contributed by atoms with Crippen LogP contribution in [0.4, 0.5) is 5.69 Å². The number of anilines is 1. The number of hydrogen-bond acceptors (Lipinski definition) is 4. The molecule has 0 aliphatic carbocycles. The number of thioether (sulfide) groups is 1. The maximum Gasteiger partial charge on any atom is 0.257 e. The molecule has 5 rings (SSSR count). The Balaban J connectivity index is 1.43. The van der Waals surface area contributed by atoms with E-state index in [4.69, 9.17) is 4.74 Å². The molecular formula is C25H23N3O2S. The molecule has 6 heteroatoms. The number of nitrogens with one attached hydrogen (secondary N) is 1. The van der Waals surface area contributed by atoms with Gasteiger partial charge in [0.2, 0.25) is 0 Å². The second kappa shape index (κ2) is 8.57. The fraction of sp³-hybridized carbons (Fsp3) is 0.200. The summed E-state index contributed by atoms with van der Waals surface area (Å²) in [7, 11) is 0. The number of pyridine rings is 1. The van der Waals surface area contributed by atoms with E-state index < -0.39 is 0 Å². The van der Waals surface area contributed by atoms with Crippen LogP contribution in [0.25, 0.3) is 16.6 Å². The van der Waals surface area contributed by atoms with Gasteiger partial charge in [-0.05, 0) is 72.8 Å². The summed E-state index contributed by atoms with van der Waals surface area (Å²) < 4.78 is 7.83. The summed E-state index contributed by atoms with van der Waals surface area (Å²) in [5.41, 5.74) is 4.89. The quantitative estimate of drug-likeness (QED) is 0.426. The fourth-order valence-electron chi connectivity index (χ4n) is 4.07. The molecule has 156 valence electrons. The number of hydrogen-bond donors (Lipinski definition) is 1. The number of ether oxygens (including phenoxy) is 1. The van der Waals surface area contributed by atoms with Crippen molar-refractivity contribution in [3.05, 3.63) is 84.2 Å². The molecule has 1 atom stereocenters. The summed E-state index contributed by atoms with van der Waals surface area (Å²) in [6.45, 7) is 1.66. The second-order valence-electron chi connectivity index (χ2n) is 7.64. The van der Waals surface area contributed by atoms with Crippen LogP contribution in [0.3, 0.4) is 0 Å². The maximum absolute atomic E-state index is 12.4. The van der Waals surface area contributed by atoms with Gasteiger partial charge in [0, 0.05) is 41.7 Å². The highest BCUT2D eigenvalue weighted by atomic mass is 32.2. The molecule has 1 aliphatic rings. The Labute approximate surface area is 185 Å². The van der Waals surface area contributed by atoms with Gasteiger partial charge >= 0.3 is 0 Å². The minimum absolute atomic E-state index is 0.166.